The summed E-state index contributed by atoms with van der Waals surface area (Å²) < 4.78 is 10.6. The van der Waals surface area contributed by atoms with Gasteiger partial charge in [-0.1, -0.05) is 23.8 Å². The van der Waals surface area contributed by atoms with Crippen LogP contribution >= 0.6 is 11.6 Å². The van der Waals surface area contributed by atoms with Gasteiger partial charge < -0.3 is 9.47 Å². The van der Waals surface area contributed by atoms with E-state index in [0.29, 0.717) is 23.8 Å². The molecule has 0 spiro atoms. The standard InChI is InChI=1S/C13H13ClO3/c1-2-16-13(15)12-5-3-4-9-8-10(14)6-7-11(9)17-12/h3-4,6-8,12H,2,5H2,1H3/t12-/m0/s1. The van der Waals surface area contributed by atoms with Crippen molar-refractivity contribution in [1.29, 1.82) is 0 Å². The zero-order valence-corrected chi connectivity index (χ0v) is 10.2. The Bertz CT molecular complexity index is 454. The largest absolute Gasteiger partial charge is 0.478 e. The smallest absolute Gasteiger partial charge is 0.347 e. The van der Waals surface area contributed by atoms with Gasteiger partial charge in [0, 0.05) is 17.0 Å². The molecular formula is C13H13ClO3. The first-order valence-electron chi connectivity index (χ1n) is 5.50. The molecule has 3 nitrogen and oxygen atoms in total. The van der Waals surface area contributed by atoms with E-state index < -0.39 is 6.10 Å². The molecule has 17 heavy (non-hydrogen) atoms. The molecule has 1 atom stereocenters. The molecule has 4 heteroatoms. The van der Waals surface area contributed by atoms with E-state index in [1.165, 1.54) is 0 Å². The highest BCUT2D eigenvalue weighted by Crippen LogP contribution is 2.28. The molecule has 1 aromatic rings. The third-order valence-corrected chi connectivity index (χ3v) is 2.67. The molecule has 0 saturated heterocycles. The molecule has 0 fully saturated rings. The Balaban J connectivity index is 2.22. The first kappa shape index (κ1) is 12.0. The predicted molar refractivity (Wildman–Crippen MR) is 66.2 cm³/mol. The van der Waals surface area contributed by atoms with E-state index >= 15 is 0 Å². The summed E-state index contributed by atoms with van der Waals surface area (Å²) in [6.07, 6.45) is 3.73. The van der Waals surface area contributed by atoms with Crippen LogP contribution in [0.4, 0.5) is 0 Å². The van der Waals surface area contributed by atoms with Gasteiger partial charge in [-0.15, -0.1) is 0 Å². The van der Waals surface area contributed by atoms with E-state index in [0.717, 1.165) is 5.56 Å². The van der Waals surface area contributed by atoms with Crippen molar-refractivity contribution in [3.05, 3.63) is 34.9 Å². The summed E-state index contributed by atoms with van der Waals surface area (Å²) in [6.45, 7) is 2.13. The molecule has 0 bridgehead atoms. The maximum atomic E-state index is 11.6. The number of hydrogen-bond acceptors (Lipinski definition) is 3. The van der Waals surface area contributed by atoms with Crippen molar-refractivity contribution in [2.45, 2.75) is 19.4 Å². The molecule has 90 valence electrons. The van der Waals surface area contributed by atoms with Crippen LogP contribution in [0, 0.1) is 0 Å². The number of benzene rings is 1. The quantitative estimate of drug-likeness (QED) is 0.759. The summed E-state index contributed by atoms with van der Waals surface area (Å²) in [6, 6.07) is 5.31. The molecule has 1 aliphatic heterocycles. The topological polar surface area (TPSA) is 35.5 Å². The summed E-state index contributed by atoms with van der Waals surface area (Å²) >= 11 is 5.90. The Hall–Kier alpha value is -1.48. The Kier molecular flexibility index (Phi) is 3.69. The summed E-state index contributed by atoms with van der Waals surface area (Å²) in [5.41, 5.74) is 0.879. The Morgan fingerprint density at radius 2 is 2.41 bits per heavy atom. The van der Waals surface area contributed by atoms with Crippen LogP contribution in [0.3, 0.4) is 0 Å². The monoisotopic (exact) mass is 252 g/mol. The minimum absolute atomic E-state index is 0.333. The van der Waals surface area contributed by atoms with E-state index in [-0.39, 0.29) is 5.97 Å². The van der Waals surface area contributed by atoms with Gasteiger partial charge in [-0.2, -0.15) is 0 Å². The first-order chi connectivity index (χ1) is 8.20. The lowest BCUT2D eigenvalue weighted by Crippen LogP contribution is -2.28. The molecule has 0 saturated carbocycles. The normalized spacial score (nSPS) is 17.9. The maximum absolute atomic E-state index is 11.6. The van der Waals surface area contributed by atoms with Crippen molar-refractivity contribution in [3.63, 3.8) is 0 Å². The zero-order chi connectivity index (χ0) is 12.3. The molecule has 1 aliphatic rings. The van der Waals surface area contributed by atoms with Gasteiger partial charge >= 0.3 is 5.97 Å². The highest BCUT2D eigenvalue weighted by molar-refractivity contribution is 6.30. The van der Waals surface area contributed by atoms with Crippen LogP contribution < -0.4 is 4.74 Å². The Morgan fingerprint density at radius 3 is 3.18 bits per heavy atom. The fourth-order valence-electron chi connectivity index (χ4n) is 1.66. The van der Waals surface area contributed by atoms with Crippen molar-refractivity contribution < 1.29 is 14.3 Å². The molecule has 1 aromatic carbocycles. The second kappa shape index (κ2) is 5.23. The van der Waals surface area contributed by atoms with Crippen LogP contribution in [0.2, 0.25) is 5.02 Å². The third-order valence-electron chi connectivity index (χ3n) is 2.44. The van der Waals surface area contributed by atoms with Gasteiger partial charge in [0.25, 0.3) is 0 Å². The maximum Gasteiger partial charge on any atom is 0.347 e. The van der Waals surface area contributed by atoms with Gasteiger partial charge in [-0.3, -0.25) is 0 Å². The van der Waals surface area contributed by atoms with Crippen molar-refractivity contribution in [2.24, 2.45) is 0 Å². The lowest BCUT2D eigenvalue weighted by molar-refractivity contribution is -0.151. The van der Waals surface area contributed by atoms with E-state index in [1.54, 1.807) is 25.1 Å². The van der Waals surface area contributed by atoms with Crippen molar-refractivity contribution in [1.82, 2.24) is 0 Å². The highest BCUT2D eigenvalue weighted by atomic mass is 35.5. The number of fused-ring (bicyclic) bond motifs is 1. The minimum Gasteiger partial charge on any atom is -0.478 e. The molecule has 0 unspecified atom stereocenters. The van der Waals surface area contributed by atoms with Crippen LogP contribution in [0.5, 0.6) is 5.75 Å². The van der Waals surface area contributed by atoms with Gasteiger partial charge in [0.15, 0.2) is 6.10 Å². The molecule has 0 N–H and O–H groups in total. The van der Waals surface area contributed by atoms with Gasteiger partial charge in [0.05, 0.1) is 6.61 Å². The second-order valence-corrected chi connectivity index (χ2v) is 4.12. The van der Waals surface area contributed by atoms with Crippen molar-refractivity contribution >= 4 is 23.6 Å². The van der Waals surface area contributed by atoms with Crippen LogP contribution in [-0.4, -0.2) is 18.7 Å². The first-order valence-corrected chi connectivity index (χ1v) is 5.88. The number of carbonyl (C=O) groups is 1. The summed E-state index contributed by atoms with van der Waals surface area (Å²) in [7, 11) is 0. The second-order valence-electron chi connectivity index (χ2n) is 3.68. The summed E-state index contributed by atoms with van der Waals surface area (Å²) in [5.74, 6) is 0.321. The number of rotatable bonds is 2. The van der Waals surface area contributed by atoms with E-state index in [9.17, 15) is 4.79 Å². The van der Waals surface area contributed by atoms with Crippen molar-refractivity contribution in [3.8, 4) is 5.75 Å². The fraction of sp³-hybridized carbons (Fsp3) is 0.308. The number of halogens is 1. The van der Waals surface area contributed by atoms with Crippen LogP contribution in [-0.2, 0) is 9.53 Å². The van der Waals surface area contributed by atoms with Crippen LogP contribution in [0.25, 0.3) is 6.08 Å². The minimum atomic E-state index is -0.575. The van der Waals surface area contributed by atoms with E-state index in [2.05, 4.69) is 0 Å². The number of esters is 1. The van der Waals surface area contributed by atoms with E-state index in [1.807, 2.05) is 12.2 Å². The molecule has 1 heterocycles. The molecule has 0 aliphatic carbocycles. The van der Waals surface area contributed by atoms with E-state index in [4.69, 9.17) is 21.1 Å². The zero-order valence-electron chi connectivity index (χ0n) is 9.48. The number of ether oxygens (including phenoxy) is 2. The average Bonchev–Trinajstić information content (AvgIpc) is 2.51. The highest BCUT2D eigenvalue weighted by Gasteiger charge is 2.23. The lowest BCUT2D eigenvalue weighted by Gasteiger charge is -2.15. The average molecular weight is 253 g/mol. The predicted octanol–water partition coefficient (Wildman–Crippen LogP) is 3.07. The van der Waals surface area contributed by atoms with Gasteiger partial charge in [0.2, 0.25) is 0 Å². The molecule has 0 radical (unpaired) electrons. The van der Waals surface area contributed by atoms with Gasteiger partial charge in [0.1, 0.15) is 5.75 Å². The summed E-state index contributed by atoms with van der Waals surface area (Å²) in [4.78, 5) is 11.6. The molecule has 0 amide bonds. The third kappa shape index (κ3) is 2.80. The number of hydrogen-bond donors (Lipinski definition) is 0. The lowest BCUT2D eigenvalue weighted by atomic mass is 10.2. The van der Waals surface area contributed by atoms with Crippen molar-refractivity contribution in [2.75, 3.05) is 6.61 Å². The van der Waals surface area contributed by atoms with Crippen LogP contribution in [0.1, 0.15) is 18.9 Å². The fourth-order valence-corrected chi connectivity index (χ4v) is 1.84. The molecule has 2 rings (SSSR count). The van der Waals surface area contributed by atoms with Gasteiger partial charge in [-0.25, -0.2) is 4.79 Å². The Labute approximate surface area is 105 Å². The summed E-state index contributed by atoms with van der Waals surface area (Å²) in [5, 5.41) is 0.645. The Morgan fingerprint density at radius 1 is 1.59 bits per heavy atom. The van der Waals surface area contributed by atoms with Gasteiger partial charge in [-0.05, 0) is 25.1 Å². The SMILES string of the molecule is CCOC(=O)[C@@H]1CC=Cc2cc(Cl)ccc2O1. The van der Waals surface area contributed by atoms with Crippen LogP contribution in [0.15, 0.2) is 24.3 Å². The molecular weight excluding hydrogens is 240 g/mol. The number of carbonyl (C=O) groups excluding carboxylic acids is 1. The molecule has 0 aromatic heterocycles.